The third-order valence-electron chi connectivity index (χ3n) is 2.62. The van der Waals surface area contributed by atoms with E-state index in [1.807, 2.05) is 0 Å². The van der Waals surface area contributed by atoms with Crippen molar-refractivity contribution in [3.8, 4) is 0 Å². The zero-order valence-corrected chi connectivity index (χ0v) is 8.28. The highest BCUT2D eigenvalue weighted by Crippen LogP contribution is 2.09. The summed E-state index contributed by atoms with van der Waals surface area (Å²) in [6, 6.07) is -0.219. The van der Waals surface area contributed by atoms with E-state index in [9.17, 15) is 14.4 Å². The molecular weight excluding hydrogens is 198 g/mol. The average Bonchev–Trinajstić information content (AvgIpc) is 2.67. The van der Waals surface area contributed by atoms with Crippen LogP contribution in [-0.2, 0) is 14.4 Å². The van der Waals surface area contributed by atoms with Crippen molar-refractivity contribution in [3.05, 3.63) is 0 Å². The second-order valence-electron chi connectivity index (χ2n) is 3.81. The molecule has 2 rings (SSSR count). The van der Waals surface area contributed by atoms with Crippen molar-refractivity contribution in [2.45, 2.75) is 18.9 Å². The smallest absolute Gasteiger partial charge is 0.246 e. The number of nitrogens with one attached hydrogen (secondary N) is 2. The Balaban J connectivity index is 1.99. The molecule has 0 bridgehead atoms. The van der Waals surface area contributed by atoms with Gasteiger partial charge in [-0.2, -0.15) is 0 Å². The van der Waals surface area contributed by atoms with Gasteiger partial charge in [0, 0.05) is 0 Å². The molecule has 2 saturated heterocycles. The fourth-order valence-electron chi connectivity index (χ4n) is 1.91. The van der Waals surface area contributed by atoms with Crippen molar-refractivity contribution in [2.75, 3.05) is 19.6 Å². The third-order valence-corrected chi connectivity index (χ3v) is 2.62. The van der Waals surface area contributed by atoms with E-state index in [4.69, 9.17) is 0 Å². The Hall–Kier alpha value is -1.43. The van der Waals surface area contributed by atoms with Crippen molar-refractivity contribution in [3.63, 3.8) is 0 Å². The van der Waals surface area contributed by atoms with Crippen molar-refractivity contribution in [1.29, 1.82) is 0 Å². The largest absolute Gasteiger partial charge is 0.323 e. The van der Waals surface area contributed by atoms with Crippen LogP contribution >= 0.6 is 0 Å². The van der Waals surface area contributed by atoms with Gasteiger partial charge in [-0.25, -0.2) is 0 Å². The first-order valence-corrected chi connectivity index (χ1v) is 5.01. The molecule has 0 aromatic rings. The molecule has 2 fully saturated rings. The Bertz CT molecular complexity index is 294. The summed E-state index contributed by atoms with van der Waals surface area (Å²) < 4.78 is 0. The average molecular weight is 211 g/mol. The number of carbonyl (C=O) groups is 3. The van der Waals surface area contributed by atoms with E-state index in [0.717, 1.165) is 19.4 Å². The van der Waals surface area contributed by atoms with Crippen LogP contribution in [0.1, 0.15) is 12.8 Å². The molecule has 2 N–H and O–H groups in total. The Labute approximate surface area is 87.0 Å². The second-order valence-corrected chi connectivity index (χ2v) is 3.81. The van der Waals surface area contributed by atoms with Crippen molar-refractivity contribution < 1.29 is 14.4 Å². The predicted molar refractivity (Wildman–Crippen MR) is 50.8 cm³/mol. The lowest BCUT2D eigenvalue weighted by Crippen LogP contribution is -2.56. The first kappa shape index (κ1) is 10.1. The van der Waals surface area contributed by atoms with Gasteiger partial charge in [-0.15, -0.1) is 0 Å². The SMILES string of the molecule is O=C1CN(C(=O)C2CCCN2)CC(=O)N1. The molecular formula is C9H13N3O3. The maximum Gasteiger partial charge on any atom is 0.246 e. The van der Waals surface area contributed by atoms with E-state index >= 15 is 0 Å². The Morgan fingerprint density at radius 3 is 2.47 bits per heavy atom. The van der Waals surface area contributed by atoms with Gasteiger partial charge in [-0.3, -0.25) is 19.7 Å². The number of nitrogens with zero attached hydrogens (tertiary/aromatic N) is 1. The van der Waals surface area contributed by atoms with Crippen molar-refractivity contribution >= 4 is 17.7 Å². The normalized spacial score (nSPS) is 26.7. The van der Waals surface area contributed by atoms with Gasteiger partial charge >= 0.3 is 0 Å². The molecule has 0 saturated carbocycles. The highest BCUT2D eigenvalue weighted by atomic mass is 16.2. The lowest BCUT2D eigenvalue weighted by molar-refractivity contribution is -0.146. The standard InChI is InChI=1S/C9H13N3O3/c13-7-4-12(5-8(14)11-7)9(15)6-2-1-3-10-6/h6,10H,1-5H2,(H,11,13,14). The molecule has 0 aromatic heterocycles. The highest BCUT2D eigenvalue weighted by Gasteiger charge is 2.32. The quantitative estimate of drug-likeness (QED) is 0.503. The lowest BCUT2D eigenvalue weighted by atomic mass is 10.2. The predicted octanol–water partition coefficient (Wildman–Crippen LogP) is -1.78. The van der Waals surface area contributed by atoms with Gasteiger partial charge in [0.25, 0.3) is 0 Å². The zero-order valence-electron chi connectivity index (χ0n) is 8.28. The first-order valence-electron chi connectivity index (χ1n) is 5.01. The van der Waals surface area contributed by atoms with Crippen molar-refractivity contribution in [2.24, 2.45) is 0 Å². The van der Waals surface area contributed by atoms with Crippen LogP contribution in [0.4, 0.5) is 0 Å². The van der Waals surface area contributed by atoms with E-state index in [2.05, 4.69) is 10.6 Å². The van der Waals surface area contributed by atoms with Crippen molar-refractivity contribution in [1.82, 2.24) is 15.5 Å². The van der Waals surface area contributed by atoms with Crippen LogP contribution in [0.3, 0.4) is 0 Å². The molecule has 2 aliphatic heterocycles. The molecule has 1 unspecified atom stereocenters. The fourth-order valence-corrected chi connectivity index (χ4v) is 1.91. The minimum Gasteiger partial charge on any atom is -0.323 e. The van der Waals surface area contributed by atoms with Gasteiger partial charge in [0.15, 0.2) is 0 Å². The topological polar surface area (TPSA) is 78.5 Å². The minimum atomic E-state index is -0.405. The summed E-state index contributed by atoms with van der Waals surface area (Å²) >= 11 is 0. The van der Waals surface area contributed by atoms with Gasteiger partial charge in [0.05, 0.1) is 6.04 Å². The molecule has 82 valence electrons. The second kappa shape index (κ2) is 3.98. The van der Waals surface area contributed by atoms with E-state index in [-0.39, 0.29) is 25.0 Å². The molecule has 1 atom stereocenters. The Kier molecular flexibility index (Phi) is 2.68. The number of imide groups is 1. The lowest BCUT2D eigenvalue weighted by Gasteiger charge is -2.27. The number of hydrogen-bond acceptors (Lipinski definition) is 4. The summed E-state index contributed by atoms with van der Waals surface area (Å²) in [4.78, 5) is 35.2. The molecule has 6 nitrogen and oxygen atoms in total. The molecule has 15 heavy (non-hydrogen) atoms. The third kappa shape index (κ3) is 2.15. The summed E-state index contributed by atoms with van der Waals surface area (Å²) in [5, 5.41) is 5.21. The monoisotopic (exact) mass is 211 g/mol. The summed E-state index contributed by atoms with van der Waals surface area (Å²) in [6.45, 7) is 0.801. The first-order chi connectivity index (χ1) is 7.16. The van der Waals surface area contributed by atoms with E-state index in [0.29, 0.717) is 0 Å². The summed E-state index contributed by atoms with van der Waals surface area (Å²) in [6.07, 6.45) is 1.75. The van der Waals surface area contributed by atoms with Gasteiger partial charge in [0.1, 0.15) is 13.1 Å². The molecule has 0 spiro atoms. The van der Waals surface area contributed by atoms with E-state index < -0.39 is 11.8 Å². The maximum absolute atomic E-state index is 11.8. The number of carbonyl (C=O) groups excluding carboxylic acids is 3. The minimum absolute atomic E-state index is 0.0112. The molecule has 0 aromatic carbocycles. The van der Waals surface area contributed by atoms with Gasteiger partial charge in [-0.05, 0) is 19.4 Å². The molecule has 0 aliphatic carbocycles. The molecule has 6 heteroatoms. The number of piperazine rings is 1. The molecule has 3 amide bonds. The van der Waals surface area contributed by atoms with E-state index in [1.54, 1.807) is 0 Å². The van der Waals surface area contributed by atoms with Gasteiger partial charge in [-0.1, -0.05) is 0 Å². The molecule has 0 radical (unpaired) electrons. The fraction of sp³-hybridized carbons (Fsp3) is 0.667. The highest BCUT2D eigenvalue weighted by molar-refractivity contribution is 6.03. The van der Waals surface area contributed by atoms with E-state index in [1.165, 1.54) is 4.90 Å². The molecule has 2 aliphatic rings. The van der Waals surface area contributed by atoms with Crippen LogP contribution < -0.4 is 10.6 Å². The summed E-state index contributed by atoms with van der Waals surface area (Å²) in [7, 11) is 0. The Morgan fingerprint density at radius 1 is 1.27 bits per heavy atom. The summed E-state index contributed by atoms with van der Waals surface area (Å²) in [5.41, 5.74) is 0. The van der Waals surface area contributed by atoms with Gasteiger partial charge < -0.3 is 10.2 Å². The van der Waals surface area contributed by atoms with Crippen LogP contribution in [0.15, 0.2) is 0 Å². The van der Waals surface area contributed by atoms with Crippen LogP contribution in [0, 0.1) is 0 Å². The van der Waals surface area contributed by atoms with Crippen LogP contribution in [0.5, 0.6) is 0 Å². The van der Waals surface area contributed by atoms with Crippen LogP contribution in [0.25, 0.3) is 0 Å². The van der Waals surface area contributed by atoms with Crippen LogP contribution in [0.2, 0.25) is 0 Å². The van der Waals surface area contributed by atoms with Crippen LogP contribution in [-0.4, -0.2) is 48.3 Å². The zero-order chi connectivity index (χ0) is 10.8. The Morgan fingerprint density at radius 2 is 1.93 bits per heavy atom. The maximum atomic E-state index is 11.8. The number of rotatable bonds is 1. The molecule has 2 heterocycles. The van der Waals surface area contributed by atoms with Gasteiger partial charge in [0.2, 0.25) is 17.7 Å². The number of amides is 3. The summed E-state index contributed by atoms with van der Waals surface area (Å²) in [5.74, 6) is -0.953. The number of hydrogen-bond donors (Lipinski definition) is 2.